The summed E-state index contributed by atoms with van der Waals surface area (Å²) in [6.07, 6.45) is 11.3. The van der Waals surface area contributed by atoms with Gasteiger partial charge >= 0.3 is 0 Å². The molecule has 0 fully saturated rings. The summed E-state index contributed by atoms with van der Waals surface area (Å²) in [5.41, 5.74) is 0. The standard InChI is InChI=1S/C13H17N7/c1-4-14-18(7-1)11-10-17(12-19-8-2-5-15-19)13-20-9-3-6-16-20/h1-9H,10-13H2. The van der Waals surface area contributed by atoms with Crippen LogP contribution >= 0.6 is 0 Å². The molecule has 104 valence electrons. The topological polar surface area (TPSA) is 56.7 Å². The fourth-order valence-electron chi connectivity index (χ4n) is 2.04. The van der Waals surface area contributed by atoms with E-state index in [2.05, 4.69) is 20.2 Å². The molecule has 7 heteroatoms. The van der Waals surface area contributed by atoms with Crippen molar-refractivity contribution in [3.8, 4) is 0 Å². The molecule has 0 aliphatic heterocycles. The summed E-state index contributed by atoms with van der Waals surface area (Å²) >= 11 is 0. The molecule has 3 rings (SSSR count). The number of nitrogens with zero attached hydrogens (tertiary/aromatic N) is 7. The Balaban J connectivity index is 1.62. The summed E-state index contributed by atoms with van der Waals surface area (Å²) in [4.78, 5) is 2.27. The van der Waals surface area contributed by atoms with E-state index in [1.807, 2.05) is 50.8 Å². The summed E-state index contributed by atoms with van der Waals surface area (Å²) in [5.74, 6) is 0. The lowest BCUT2D eigenvalue weighted by Gasteiger charge is -2.22. The van der Waals surface area contributed by atoms with E-state index in [0.717, 1.165) is 26.4 Å². The highest BCUT2D eigenvalue weighted by molar-refractivity contribution is 4.80. The first-order chi connectivity index (χ1) is 9.90. The van der Waals surface area contributed by atoms with Gasteiger partial charge < -0.3 is 0 Å². The highest BCUT2D eigenvalue weighted by Gasteiger charge is 2.07. The third-order valence-electron chi connectivity index (χ3n) is 3.01. The number of hydrogen-bond donors (Lipinski definition) is 0. The molecule has 0 atom stereocenters. The highest BCUT2D eigenvalue weighted by atomic mass is 15.4. The quantitative estimate of drug-likeness (QED) is 0.640. The Morgan fingerprint density at radius 2 is 1.20 bits per heavy atom. The van der Waals surface area contributed by atoms with Gasteiger partial charge in [0, 0.05) is 43.7 Å². The molecule has 0 saturated heterocycles. The first kappa shape index (κ1) is 12.6. The Morgan fingerprint density at radius 1 is 0.700 bits per heavy atom. The second-order valence-electron chi connectivity index (χ2n) is 4.54. The van der Waals surface area contributed by atoms with Crippen LogP contribution in [0.3, 0.4) is 0 Å². The lowest BCUT2D eigenvalue weighted by molar-refractivity contribution is 0.145. The minimum atomic E-state index is 0.730. The minimum Gasteiger partial charge on any atom is -0.271 e. The van der Waals surface area contributed by atoms with Gasteiger partial charge in [0.1, 0.15) is 0 Å². The van der Waals surface area contributed by atoms with Crippen LogP contribution in [0, 0.1) is 0 Å². The summed E-state index contributed by atoms with van der Waals surface area (Å²) in [5, 5.41) is 12.7. The van der Waals surface area contributed by atoms with Gasteiger partial charge in [-0.2, -0.15) is 15.3 Å². The molecule has 3 aromatic rings. The second-order valence-corrected chi connectivity index (χ2v) is 4.54. The maximum atomic E-state index is 4.25. The fraction of sp³-hybridized carbons (Fsp3) is 0.308. The molecule has 3 aromatic heterocycles. The van der Waals surface area contributed by atoms with Crippen LogP contribution in [0.15, 0.2) is 55.4 Å². The van der Waals surface area contributed by atoms with E-state index in [9.17, 15) is 0 Å². The molecule has 0 unspecified atom stereocenters. The van der Waals surface area contributed by atoms with Gasteiger partial charge in [0.05, 0.1) is 19.9 Å². The fourth-order valence-corrected chi connectivity index (χ4v) is 2.04. The van der Waals surface area contributed by atoms with E-state index >= 15 is 0 Å². The first-order valence-electron chi connectivity index (χ1n) is 6.55. The van der Waals surface area contributed by atoms with Crippen LogP contribution in [0.2, 0.25) is 0 Å². The molecule has 3 heterocycles. The van der Waals surface area contributed by atoms with Gasteiger partial charge in [-0.25, -0.2) is 0 Å². The molecule has 0 bridgehead atoms. The predicted molar refractivity (Wildman–Crippen MR) is 73.4 cm³/mol. The van der Waals surface area contributed by atoms with E-state index in [0.29, 0.717) is 0 Å². The largest absolute Gasteiger partial charge is 0.271 e. The maximum Gasteiger partial charge on any atom is 0.0943 e. The van der Waals surface area contributed by atoms with Crippen molar-refractivity contribution in [2.45, 2.75) is 19.9 Å². The molecule has 7 nitrogen and oxygen atoms in total. The maximum absolute atomic E-state index is 4.25. The van der Waals surface area contributed by atoms with Crippen LogP contribution < -0.4 is 0 Å². The van der Waals surface area contributed by atoms with Gasteiger partial charge in [0.2, 0.25) is 0 Å². The number of aromatic nitrogens is 6. The molecule has 0 N–H and O–H groups in total. The Labute approximate surface area is 117 Å². The van der Waals surface area contributed by atoms with Crippen molar-refractivity contribution in [2.75, 3.05) is 6.54 Å². The molecule has 0 amide bonds. The zero-order valence-electron chi connectivity index (χ0n) is 11.2. The van der Waals surface area contributed by atoms with Crippen molar-refractivity contribution in [3.05, 3.63) is 55.4 Å². The molecule has 0 aromatic carbocycles. The summed E-state index contributed by atoms with van der Waals surface area (Å²) in [6.45, 7) is 3.18. The Hall–Kier alpha value is -2.41. The van der Waals surface area contributed by atoms with E-state index in [4.69, 9.17) is 0 Å². The first-order valence-corrected chi connectivity index (χ1v) is 6.55. The normalized spacial score (nSPS) is 11.2. The van der Waals surface area contributed by atoms with Gasteiger partial charge in [-0.3, -0.25) is 18.9 Å². The Kier molecular flexibility index (Phi) is 3.88. The van der Waals surface area contributed by atoms with Crippen molar-refractivity contribution in [3.63, 3.8) is 0 Å². The van der Waals surface area contributed by atoms with Gasteiger partial charge in [-0.1, -0.05) is 0 Å². The van der Waals surface area contributed by atoms with Crippen molar-refractivity contribution in [1.29, 1.82) is 0 Å². The highest BCUT2D eigenvalue weighted by Crippen LogP contribution is 1.99. The predicted octanol–water partition coefficient (Wildman–Crippen LogP) is 0.893. The van der Waals surface area contributed by atoms with Crippen molar-refractivity contribution in [1.82, 2.24) is 34.2 Å². The SMILES string of the molecule is c1cnn(CCN(Cn2cccn2)Cn2cccn2)c1. The molecule has 0 radical (unpaired) electrons. The monoisotopic (exact) mass is 271 g/mol. The van der Waals surface area contributed by atoms with Crippen LogP contribution in [0.5, 0.6) is 0 Å². The molecule has 20 heavy (non-hydrogen) atoms. The van der Waals surface area contributed by atoms with Gasteiger partial charge in [0.15, 0.2) is 0 Å². The number of hydrogen-bond acceptors (Lipinski definition) is 4. The third kappa shape index (κ3) is 3.33. The van der Waals surface area contributed by atoms with E-state index in [-0.39, 0.29) is 0 Å². The smallest absolute Gasteiger partial charge is 0.0943 e. The Morgan fingerprint density at radius 3 is 1.65 bits per heavy atom. The lowest BCUT2D eigenvalue weighted by Crippen LogP contribution is -2.32. The lowest BCUT2D eigenvalue weighted by atomic mass is 10.5. The second kappa shape index (κ2) is 6.16. The zero-order chi connectivity index (χ0) is 13.6. The van der Waals surface area contributed by atoms with Crippen LogP contribution in [0.25, 0.3) is 0 Å². The average Bonchev–Trinajstić information content (AvgIpc) is 3.20. The van der Waals surface area contributed by atoms with Gasteiger partial charge in [-0.05, 0) is 18.2 Å². The van der Waals surface area contributed by atoms with Crippen LogP contribution in [-0.4, -0.2) is 40.8 Å². The average molecular weight is 271 g/mol. The third-order valence-corrected chi connectivity index (χ3v) is 3.01. The van der Waals surface area contributed by atoms with E-state index in [1.165, 1.54) is 0 Å². The van der Waals surface area contributed by atoms with Crippen LogP contribution in [0.1, 0.15) is 0 Å². The zero-order valence-corrected chi connectivity index (χ0v) is 11.2. The summed E-state index contributed by atoms with van der Waals surface area (Å²) in [7, 11) is 0. The molecule has 0 aliphatic carbocycles. The molecule has 0 saturated carbocycles. The van der Waals surface area contributed by atoms with Gasteiger partial charge in [0.25, 0.3) is 0 Å². The van der Waals surface area contributed by atoms with E-state index in [1.54, 1.807) is 18.6 Å². The van der Waals surface area contributed by atoms with Crippen molar-refractivity contribution < 1.29 is 0 Å². The van der Waals surface area contributed by atoms with Crippen LogP contribution in [-0.2, 0) is 19.9 Å². The van der Waals surface area contributed by atoms with Gasteiger partial charge in [-0.15, -0.1) is 0 Å². The molecule has 0 spiro atoms. The summed E-state index contributed by atoms with van der Waals surface area (Å²) in [6, 6.07) is 5.80. The summed E-state index contributed by atoms with van der Waals surface area (Å²) < 4.78 is 5.75. The van der Waals surface area contributed by atoms with E-state index < -0.39 is 0 Å². The molecule has 0 aliphatic rings. The minimum absolute atomic E-state index is 0.730. The molecular weight excluding hydrogens is 254 g/mol. The number of rotatable bonds is 7. The van der Waals surface area contributed by atoms with Crippen molar-refractivity contribution in [2.24, 2.45) is 0 Å². The molecular formula is C13H17N7. The van der Waals surface area contributed by atoms with Crippen LogP contribution in [0.4, 0.5) is 0 Å². The van der Waals surface area contributed by atoms with Crippen molar-refractivity contribution >= 4 is 0 Å². The Bertz CT molecular complexity index is 547.